The second kappa shape index (κ2) is 6.84. The number of aliphatic hydroxyl groups excluding tert-OH is 1. The van der Waals surface area contributed by atoms with Crippen LogP contribution in [0.25, 0.3) is 5.57 Å². The first-order valence-corrected chi connectivity index (χ1v) is 11.5. The number of thioether (sulfide) groups is 1. The number of nitriles is 1. The molecule has 4 aliphatic carbocycles. The van der Waals surface area contributed by atoms with Gasteiger partial charge in [0.15, 0.2) is 5.82 Å². The van der Waals surface area contributed by atoms with E-state index in [1.807, 2.05) is 11.8 Å². The fourth-order valence-corrected chi connectivity index (χ4v) is 8.06. The smallest absolute Gasteiger partial charge is 0.178 e. The van der Waals surface area contributed by atoms with Gasteiger partial charge < -0.3 is 9.67 Å². The summed E-state index contributed by atoms with van der Waals surface area (Å²) in [6.45, 7) is 0.845. The Labute approximate surface area is 165 Å². The van der Waals surface area contributed by atoms with Crippen LogP contribution in [0.4, 0.5) is 0 Å². The molecule has 4 bridgehead atoms. The molecule has 27 heavy (non-hydrogen) atoms. The van der Waals surface area contributed by atoms with E-state index in [2.05, 4.69) is 20.8 Å². The van der Waals surface area contributed by atoms with Crippen LogP contribution in [-0.4, -0.2) is 30.4 Å². The molecule has 4 saturated carbocycles. The second-order valence-corrected chi connectivity index (χ2v) is 10.7. The molecule has 1 N–H and O–H groups in total. The number of allylic oxidation sites excluding steroid dienone is 1. The van der Waals surface area contributed by atoms with Crippen molar-refractivity contribution in [2.24, 2.45) is 17.8 Å². The summed E-state index contributed by atoms with van der Waals surface area (Å²) < 4.78 is 2.39. The van der Waals surface area contributed by atoms with Crippen molar-refractivity contribution in [3.63, 3.8) is 0 Å². The van der Waals surface area contributed by atoms with Gasteiger partial charge >= 0.3 is 0 Å². The Hall–Kier alpha value is -1.48. The molecule has 0 unspecified atom stereocenters. The molecule has 0 saturated heterocycles. The van der Waals surface area contributed by atoms with Gasteiger partial charge in [-0.3, -0.25) is 0 Å². The maximum Gasteiger partial charge on any atom is 0.178 e. The lowest BCUT2D eigenvalue weighted by molar-refractivity contribution is 0.0383. The normalized spacial score (nSPS) is 35.3. The molecule has 2 heterocycles. The Kier molecular flexibility index (Phi) is 4.46. The van der Waals surface area contributed by atoms with Crippen molar-refractivity contribution in [3.8, 4) is 6.07 Å². The summed E-state index contributed by atoms with van der Waals surface area (Å²) >= 11 is 1.91. The molecule has 1 aromatic heterocycles. The fourth-order valence-electron chi connectivity index (χ4n) is 6.42. The van der Waals surface area contributed by atoms with E-state index in [-0.39, 0.29) is 5.76 Å². The SMILES string of the molecule is N#C/C(=C(/O)CSC12CC3CC(CC(C3)C1)C2)c1nnc2n1CCCCC2. The highest BCUT2D eigenvalue weighted by Crippen LogP contribution is 2.60. The molecule has 0 spiro atoms. The summed E-state index contributed by atoms with van der Waals surface area (Å²) in [5.41, 5.74) is 0.327. The van der Waals surface area contributed by atoms with Crippen molar-refractivity contribution in [1.82, 2.24) is 14.8 Å². The molecule has 5 nitrogen and oxygen atoms in total. The van der Waals surface area contributed by atoms with Gasteiger partial charge in [-0.2, -0.15) is 5.26 Å². The third-order valence-electron chi connectivity index (χ3n) is 7.23. The van der Waals surface area contributed by atoms with Crippen molar-refractivity contribution in [2.75, 3.05) is 5.75 Å². The first kappa shape index (κ1) is 17.6. The van der Waals surface area contributed by atoms with E-state index in [0.717, 1.165) is 49.4 Å². The lowest BCUT2D eigenvalue weighted by Gasteiger charge is -2.56. The largest absolute Gasteiger partial charge is 0.510 e. The molecule has 6 rings (SSSR count). The zero-order valence-corrected chi connectivity index (χ0v) is 16.7. The third-order valence-corrected chi connectivity index (χ3v) is 8.76. The minimum absolute atomic E-state index is 0.192. The summed E-state index contributed by atoms with van der Waals surface area (Å²) in [5.74, 6) is 4.94. The number of rotatable bonds is 4. The Morgan fingerprint density at radius 2 is 1.81 bits per heavy atom. The van der Waals surface area contributed by atoms with Gasteiger partial charge in [-0.05, 0) is 69.1 Å². The van der Waals surface area contributed by atoms with Crippen LogP contribution >= 0.6 is 11.8 Å². The second-order valence-electron chi connectivity index (χ2n) is 9.22. The van der Waals surface area contributed by atoms with Crippen molar-refractivity contribution in [3.05, 3.63) is 17.4 Å². The molecule has 5 aliphatic rings. The highest BCUT2D eigenvalue weighted by Gasteiger charge is 2.51. The average Bonchev–Trinajstić information content (AvgIpc) is 2.88. The number of aryl methyl sites for hydroxylation is 1. The summed E-state index contributed by atoms with van der Waals surface area (Å²) in [6, 6.07) is 2.23. The van der Waals surface area contributed by atoms with E-state index in [9.17, 15) is 10.4 Å². The molecule has 4 fully saturated rings. The number of hydrogen-bond donors (Lipinski definition) is 1. The summed E-state index contributed by atoms with van der Waals surface area (Å²) in [4.78, 5) is 0. The number of fused-ring (bicyclic) bond motifs is 1. The molecule has 1 aromatic rings. The fraction of sp³-hybridized carbons (Fsp3) is 0.762. The van der Waals surface area contributed by atoms with Crippen LogP contribution in [-0.2, 0) is 13.0 Å². The monoisotopic (exact) mass is 384 g/mol. The van der Waals surface area contributed by atoms with Crippen LogP contribution in [0.3, 0.4) is 0 Å². The molecule has 6 heteroatoms. The Bertz CT molecular complexity index is 770. The van der Waals surface area contributed by atoms with Gasteiger partial charge in [0.1, 0.15) is 23.2 Å². The van der Waals surface area contributed by atoms with Crippen LogP contribution in [0, 0.1) is 29.1 Å². The van der Waals surface area contributed by atoms with Crippen LogP contribution < -0.4 is 0 Å². The molecule has 0 amide bonds. The molecular weight excluding hydrogens is 356 g/mol. The lowest BCUT2D eigenvalue weighted by atomic mass is 9.56. The van der Waals surface area contributed by atoms with Gasteiger partial charge in [-0.15, -0.1) is 22.0 Å². The lowest BCUT2D eigenvalue weighted by Crippen LogP contribution is -2.48. The number of aromatic nitrogens is 3. The Balaban J connectivity index is 1.36. The van der Waals surface area contributed by atoms with Crippen molar-refractivity contribution in [2.45, 2.75) is 75.5 Å². The topological polar surface area (TPSA) is 74.7 Å². The first-order chi connectivity index (χ1) is 13.2. The van der Waals surface area contributed by atoms with Gasteiger partial charge in [0.05, 0.1) is 5.75 Å². The van der Waals surface area contributed by atoms with Crippen molar-refractivity contribution >= 4 is 17.3 Å². The Morgan fingerprint density at radius 3 is 2.48 bits per heavy atom. The minimum atomic E-state index is 0.192. The molecule has 0 radical (unpaired) electrons. The predicted octanol–water partition coefficient (Wildman–Crippen LogP) is 4.50. The maximum atomic E-state index is 10.8. The number of hydrogen-bond acceptors (Lipinski definition) is 5. The zero-order chi connectivity index (χ0) is 18.4. The van der Waals surface area contributed by atoms with Gasteiger partial charge in [0, 0.05) is 17.7 Å². The molecule has 1 aliphatic heterocycles. The van der Waals surface area contributed by atoms with Gasteiger partial charge in [0.2, 0.25) is 0 Å². The predicted molar refractivity (Wildman–Crippen MR) is 106 cm³/mol. The number of aliphatic hydroxyl groups is 1. The first-order valence-electron chi connectivity index (χ1n) is 10.5. The van der Waals surface area contributed by atoms with Crippen LogP contribution in [0.15, 0.2) is 5.76 Å². The number of nitrogens with zero attached hydrogens (tertiary/aromatic N) is 4. The van der Waals surface area contributed by atoms with E-state index in [1.54, 1.807) is 0 Å². The molecule has 144 valence electrons. The van der Waals surface area contributed by atoms with Crippen LogP contribution in [0.5, 0.6) is 0 Å². The van der Waals surface area contributed by atoms with Crippen molar-refractivity contribution < 1.29 is 5.11 Å². The van der Waals surface area contributed by atoms with E-state index in [0.29, 0.717) is 21.9 Å². The van der Waals surface area contributed by atoms with Gasteiger partial charge in [-0.1, -0.05) is 6.42 Å². The average molecular weight is 385 g/mol. The standard InChI is InChI=1S/C21H28N4OS/c22-12-17(20-24-23-19-4-2-1-3-5-25(19)20)18(26)13-27-21-9-14-6-15(10-21)8-16(7-14)11-21/h14-16,26H,1-11,13H2/b18-17-. The summed E-state index contributed by atoms with van der Waals surface area (Å²) in [7, 11) is 0. The summed E-state index contributed by atoms with van der Waals surface area (Å²) in [6.07, 6.45) is 12.5. The highest BCUT2D eigenvalue weighted by atomic mass is 32.2. The molecule has 0 atom stereocenters. The quantitative estimate of drug-likeness (QED) is 0.611. The van der Waals surface area contributed by atoms with E-state index in [4.69, 9.17) is 0 Å². The molecular formula is C21H28N4OS. The van der Waals surface area contributed by atoms with E-state index in [1.165, 1.54) is 44.9 Å². The van der Waals surface area contributed by atoms with Gasteiger partial charge in [-0.25, -0.2) is 0 Å². The van der Waals surface area contributed by atoms with Crippen LogP contribution in [0.2, 0.25) is 0 Å². The van der Waals surface area contributed by atoms with Crippen LogP contribution in [0.1, 0.15) is 69.4 Å². The third kappa shape index (κ3) is 3.18. The Morgan fingerprint density at radius 1 is 1.11 bits per heavy atom. The zero-order valence-electron chi connectivity index (χ0n) is 15.9. The molecule has 0 aromatic carbocycles. The van der Waals surface area contributed by atoms with Crippen molar-refractivity contribution in [1.29, 1.82) is 5.26 Å². The summed E-state index contributed by atoms with van der Waals surface area (Å²) in [5, 5.41) is 29.1. The highest BCUT2D eigenvalue weighted by molar-refractivity contribution is 8.00. The maximum absolute atomic E-state index is 10.8. The van der Waals surface area contributed by atoms with Gasteiger partial charge in [0.25, 0.3) is 0 Å². The van der Waals surface area contributed by atoms with E-state index >= 15 is 0 Å². The van der Waals surface area contributed by atoms with E-state index < -0.39 is 0 Å². The minimum Gasteiger partial charge on any atom is -0.510 e.